The van der Waals surface area contributed by atoms with E-state index in [0.717, 1.165) is 5.56 Å². The lowest BCUT2D eigenvalue weighted by molar-refractivity contribution is -0.111. The molecule has 1 amide bonds. The number of carbonyl (C=O) groups is 1. The van der Waals surface area contributed by atoms with E-state index in [9.17, 15) is 9.59 Å². The molecule has 0 aliphatic carbocycles. The molecule has 4 aromatic rings. The first-order valence-electron chi connectivity index (χ1n) is 10.4. The van der Waals surface area contributed by atoms with E-state index in [4.69, 9.17) is 18.6 Å². The Hall–Kier alpha value is -4.52. The third-order valence-electron chi connectivity index (χ3n) is 5.23. The molecule has 0 fully saturated rings. The molecule has 7 heteroatoms. The zero-order valence-corrected chi connectivity index (χ0v) is 19.0. The van der Waals surface area contributed by atoms with Crippen molar-refractivity contribution < 1.29 is 23.4 Å². The van der Waals surface area contributed by atoms with Crippen molar-refractivity contribution in [1.82, 2.24) is 0 Å². The van der Waals surface area contributed by atoms with Crippen molar-refractivity contribution in [3.8, 4) is 28.6 Å². The zero-order valence-electron chi connectivity index (χ0n) is 19.0. The van der Waals surface area contributed by atoms with E-state index in [1.165, 1.54) is 12.1 Å². The third-order valence-corrected chi connectivity index (χ3v) is 5.23. The number of carbonyl (C=O) groups excluding carboxylic acids is 1. The van der Waals surface area contributed by atoms with Crippen molar-refractivity contribution in [2.24, 2.45) is 0 Å². The average Bonchev–Trinajstić information content (AvgIpc) is 2.87. The number of rotatable bonds is 7. The summed E-state index contributed by atoms with van der Waals surface area (Å²) in [5.74, 6) is 2.00. The van der Waals surface area contributed by atoms with Gasteiger partial charge in [-0.05, 0) is 60.7 Å². The Bertz CT molecular complexity index is 1420. The van der Waals surface area contributed by atoms with Gasteiger partial charge in [0.2, 0.25) is 5.91 Å². The molecule has 34 heavy (non-hydrogen) atoms. The highest BCUT2D eigenvalue weighted by molar-refractivity contribution is 6.02. The molecule has 0 aliphatic heterocycles. The van der Waals surface area contributed by atoms with E-state index >= 15 is 0 Å². The molecule has 1 N–H and O–H groups in total. The van der Waals surface area contributed by atoms with Gasteiger partial charge in [-0.15, -0.1) is 0 Å². The van der Waals surface area contributed by atoms with Crippen LogP contribution in [0.2, 0.25) is 0 Å². The number of hydrogen-bond donors (Lipinski definition) is 1. The van der Waals surface area contributed by atoms with E-state index in [0.29, 0.717) is 45.2 Å². The van der Waals surface area contributed by atoms with Crippen LogP contribution in [0.3, 0.4) is 0 Å². The van der Waals surface area contributed by atoms with Crippen LogP contribution in [0, 0.1) is 0 Å². The van der Waals surface area contributed by atoms with Gasteiger partial charge in [0.15, 0.2) is 5.43 Å². The van der Waals surface area contributed by atoms with E-state index in [1.807, 2.05) is 6.07 Å². The van der Waals surface area contributed by atoms with Crippen LogP contribution < -0.4 is 25.0 Å². The number of hydrogen-bond acceptors (Lipinski definition) is 6. The van der Waals surface area contributed by atoms with Crippen molar-refractivity contribution in [1.29, 1.82) is 0 Å². The minimum atomic E-state index is -0.295. The molecule has 1 heterocycles. The van der Waals surface area contributed by atoms with Gasteiger partial charge < -0.3 is 23.9 Å². The molecule has 0 radical (unpaired) electrons. The Morgan fingerprint density at radius 1 is 0.853 bits per heavy atom. The Kier molecular flexibility index (Phi) is 6.64. The van der Waals surface area contributed by atoms with Crippen molar-refractivity contribution in [3.63, 3.8) is 0 Å². The van der Waals surface area contributed by atoms with Gasteiger partial charge in [-0.3, -0.25) is 9.59 Å². The number of ether oxygens (including phenoxy) is 3. The van der Waals surface area contributed by atoms with Crippen LogP contribution in [0.5, 0.6) is 17.2 Å². The molecule has 0 spiro atoms. The Labute approximate surface area is 196 Å². The Morgan fingerprint density at radius 2 is 1.56 bits per heavy atom. The van der Waals surface area contributed by atoms with Crippen molar-refractivity contribution >= 4 is 28.6 Å². The molecule has 3 aromatic carbocycles. The quantitative estimate of drug-likeness (QED) is 0.387. The third kappa shape index (κ3) is 4.94. The molecular formula is C27H23NO6. The first-order chi connectivity index (χ1) is 16.5. The molecule has 0 saturated carbocycles. The van der Waals surface area contributed by atoms with Crippen LogP contribution in [0.1, 0.15) is 5.56 Å². The lowest BCUT2D eigenvalue weighted by atomic mass is 10.1. The van der Waals surface area contributed by atoms with Gasteiger partial charge in [-0.25, -0.2) is 0 Å². The minimum absolute atomic E-state index is 0.161. The predicted molar refractivity (Wildman–Crippen MR) is 132 cm³/mol. The second-order valence-corrected chi connectivity index (χ2v) is 7.34. The summed E-state index contributed by atoms with van der Waals surface area (Å²) in [5, 5.41) is 3.26. The summed E-state index contributed by atoms with van der Waals surface area (Å²) >= 11 is 0. The number of benzene rings is 3. The van der Waals surface area contributed by atoms with Gasteiger partial charge in [0, 0.05) is 35.0 Å². The van der Waals surface area contributed by atoms with Crippen molar-refractivity contribution in [3.05, 3.63) is 88.6 Å². The van der Waals surface area contributed by atoms with E-state index in [1.54, 1.807) is 82.0 Å². The highest BCUT2D eigenvalue weighted by atomic mass is 16.5. The fourth-order valence-corrected chi connectivity index (χ4v) is 3.43. The molecule has 7 nitrogen and oxygen atoms in total. The lowest BCUT2D eigenvalue weighted by Gasteiger charge is -2.08. The molecule has 1 aromatic heterocycles. The number of nitrogens with one attached hydrogen (secondary N) is 1. The fourth-order valence-electron chi connectivity index (χ4n) is 3.43. The molecule has 0 bridgehead atoms. The van der Waals surface area contributed by atoms with Gasteiger partial charge >= 0.3 is 0 Å². The molecule has 0 unspecified atom stereocenters. The first kappa shape index (κ1) is 22.7. The normalized spacial score (nSPS) is 10.9. The molecule has 0 saturated heterocycles. The molecular weight excluding hydrogens is 434 g/mol. The maximum absolute atomic E-state index is 12.5. The second-order valence-electron chi connectivity index (χ2n) is 7.34. The Morgan fingerprint density at radius 3 is 2.26 bits per heavy atom. The van der Waals surface area contributed by atoms with E-state index in [-0.39, 0.29) is 11.3 Å². The van der Waals surface area contributed by atoms with Gasteiger partial charge in [-0.2, -0.15) is 0 Å². The predicted octanol–water partition coefficient (Wildman–Crippen LogP) is 5.14. The average molecular weight is 457 g/mol. The zero-order chi connectivity index (χ0) is 24.1. The largest absolute Gasteiger partial charge is 0.497 e. The van der Waals surface area contributed by atoms with Gasteiger partial charge in [0.25, 0.3) is 0 Å². The number of amides is 1. The fraction of sp³-hybridized carbons (Fsp3) is 0.111. The summed E-state index contributed by atoms with van der Waals surface area (Å²) in [4.78, 5) is 24.9. The topological polar surface area (TPSA) is 87.0 Å². The molecule has 4 rings (SSSR count). The van der Waals surface area contributed by atoms with Crippen LogP contribution in [0.15, 0.2) is 82.0 Å². The smallest absolute Gasteiger partial charge is 0.248 e. The standard InChI is InChI=1S/C27H23NO6/c1-31-20-11-12-24-22(14-20)23(29)16-26(34-24)18-4-8-19(9-5-18)28-27(30)13-7-17-6-10-21(32-2)15-25(17)33-3/h4-16H,1-3H3,(H,28,30)/b13-7+. The number of methoxy groups -OCH3 is 3. The summed E-state index contributed by atoms with van der Waals surface area (Å²) < 4.78 is 21.6. The minimum Gasteiger partial charge on any atom is -0.497 e. The summed E-state index contributed by atoms with van der Waals surface area (Å²) in [6.45, 7) is 0. The van der Waals surface area contributed by atoms with Crippen molar-refractivity contribution in [2.45, 2.75) is 0 Å². The number of fused-ring (bicyclic) bond motifs is 1. The summed E-state index contributed by atoms with van der Waals surface area (Å²) in [6, 6.07) is 18.9. The van der Waals surface area contributed by atoms with Crippen LogP contribution in [0.25, 0.3) is 28.4 Å². The van der Waals surface area contributed by atoms with Gasteiger partial charge in [-0.1, -0.05) is 0 Å². The number of anilines is 1. The monoisotopic (exact) mass is 457 g/mol. The second kappa shape index (κ2) is 9.95. The summed E-state index contributed by atoms with van der Waals surface area (Å²) in [5.41, 5.74) is 2.38. The van der Waals surface area contributed by atoms with Crippen LogP contribution >= 0.6 is 0 Å². The van der Waals surface area contributed by atoms with E-state index in [2.05, 4.69) is 5.32 Å². The highest BCUT2D eigenvalue weighted by Crippen LogP contribution is 2.27. The maximum atomic E-state index is 12.5. The maximum Gasteiger partial charge on any atom is 0.248 e. The first-order valence-corrected chi connectivity index (χ1v) is 10.4. The summed E-state index contributed by atoms with van der Waals surface area (Å²) in [7, 11) is 4.68. The van der Waals surface area contributed by atoms with Crippen LogP contribution in [0.4, 0.5) is 5.69 Å². The van der Waals surface area contributed by atoms with Gasteiger partial charge in [0.05, 0.1) is 26.7 Å². The summed E-state index contributed by atoms with van der Waals surface area (Å²) in [6.07, 6.45) is 3.09. The molecule has 0 atom stereocenters. The van der Waals surface area contributed by atoms with Crippen LogP contribution in [-0.2, 0) is 4.79 Å². The highest BCUT2D eigenvalue weighted by Gasteiger charge is 2.09. The van der Waals surface area contributed by atoms with Gasteiger partial charge in [0.1, 0.15) is 28.6 Å². The van der Waals surface area contributed by atoms with E-state index < -0.39 is 0 Å². The SMILES string of the molecule is COc1ccc(/C=C/C(=O)Nc2ccc(-c3cc(=O)c4cc(OC)ccc4o3)cc2)c(OC)c1. The Balaban J connectivity index is 1.48. The van der Waals surface area contributed by atoms with Crippen LogP contribution in [-0.4, -0.2) is 27.2 Å². The molecule has 0 aliphatic rings. The van der Waals surface area contributed by atoms with Crippen molar-refractivity contribution in [2.75, 3.05) is 26.6 Å². The molecule has 172 valence electrons. The lowest BCUT2D eigenvalue weighted by Crippen LogP contribution is -2.07.